The lowest BCUT2D eigenvalue weighted by molar-refractivity contribution is -0.114. The number of amides is 1. The van der Waals surface area contributed by atoms with Crippen LogP contribution < -0.4 is 9.62 Å². The van der Waals surface area contributed by atoms with Crippen molar-refractivity contribution in [2.75, 3.05) is 16.2 Å². The number of nitrogens with one attached hydrogen (secondary N) is 1. The largest absolute Gasteiger partial charge is 0.320 e. The molecule has 3 aromatic carbocycles. The SMILES string of the molecule is Cc1ccccc1N(CC(=O)Nc1c(F)cccc1F)S(=O)(=O)c1ccc(Cl)cc1. The van der Waals surface area contributed by atoms with E-state index in [1.807, 2.05) is 0 Å². The molecule has 0 unspecified atom stereocenters. The molecule has 0 heterocycles. The van der Waals surface area contributed by atoms with E-state index in [0.29, 0.717) is 10.6 Å². The molecule has 0 bridgehead atoms. The number of nitrogens with zero attached hydrogens (tertiary/aromatic N) is 1. The number of rotatable bonds is 6. The van der Waals surface area contributed by atoms with E-state index >= 15 is 0 Å². The molecule has 30 heavy (non-hydrogen) atoms. The highest BCUT2D eigenvalue weighted by Gasteiger charge is 2.28. The lowest BCUT2D eigenvalue weighted by atomic mass is 10.2. The molecule has 0 aromatic heterocycles. The normalized spacial score (nSPS) is 11.2. The molecule has 0 radical (unpaired) electrons. The van der Waals surface area contributed by atoms with Crippen LogP contribution in [-0.2, 0) is 14.8 Å². The van der Waals surface area contributed by atoms with E-state index in [1.165, 1.54) is 24.3 Å². The third-order valence-electron chi connectivity index (χ3n) is 4.30. The van der Waals surface area contributed by atoms with Gasteiger partial charge in [0.1, 0.15) is 23.9 Å². The van der Waals surface area contributed by atoms with Gasteiger partial charge in [0, 0.05) is 5.02 Å². The summed E-state index contributed by atoms with van der Waals surface area (Å²) in [6.45, 7) is 0.998. The van der Waals surface area contributed by atoms with Crippen LogP contribution in [0.4, 0.5) is 20.2 Å². The van der Waals surface area contributed by atoms with E-state index in [9.17, 15) is 22.0 Å². The summed E-state index contributed by atoms with van der Waals surface area (Å²) >= 11 is 5.84. The van der Waals surface area contributed by atoms with Gasteiger partial charge in [-0.05, 0) is 55.0 Å². The highest BCUT2D eigenvalue weighted by molar-refractivity contribution is 7.92. The zero-order valence-electron chi connectivity index (χ0n) is 15.8. The molecule has 3 rings (SSSR count). The first-order valence-electron chi connectivity index (χ1n) is 8.78. The zero-order valence-corrected chi connectivity index (χ0v) is 17.3. The van der Waals surface area contributed by atoms with E-state index in [2.05, 4.69) is 5.32 Å². The van der Waals surface area contributed by atoms with E-state index < -0.39 is 39.8 Å². The predicted molar refractivity (Wildman–Crippen MR) is 112 cm³/mol. The van der Waals surface area contributed by atoms with Crippen molar-refractivity contribution in [2.45, 2.75) is 11.8 Å². The van der Waals surface area contributed by atoms with Crippen LogP contribution in [-0.4, -0.2) is 20.9 Å². The van der Waals surface area contributed by atoms with Crippen LogP contribution in [0.15, 0.2) is 71.6 Å². The second kappa shape index (κ2) is 8.81. The van der Waals surface area contributed by atoms with Crippen LogP contribution in [0.3, 0.4) is 0 Å². The summed E-state index contributed by atoms with van der Waals surface area (Å²) in [6, 6.07) is 15.2. The van der Waals surface area contributed by atoms with Gasteiger partial charge < -0.3 is 5.32 Å². The van der Waals surface area contributed by atoms with Crippen LogP contribution in [0.2, 0.25) is 5.02 Å². The lowest BCUT2D eigenvalue weighted by Crippen LogP contribution is -2.38. The summed E-state index contributed by atoms with van der Waals surface area (Å²) in [5, 5.41) is 2.47. The zero-order chi connectivity index (χ0) is 21.9. The molecule has 3 aromatic rings. The Bertz CT molecular complexity index is 1160. The summed E-state index contributed by atoms with van der Waals surface area (Å²) in [4.78, 5) is 12.5. The van der Waals surface area contributed by atoms with Crippen molar-refractivity contribution in [1.82, 2.24) is 0 Å². The van der Waals surface area contributed by atoms with Crippen LogP contribution in [0, 0.1) is 18.6 Å². The van der Waals surface area contributed by atoms with Crippen molar-refractivity contribution < 1.29 is 22.0 Å². The minimum absolute atomic E-state index is 0.0833. The fourth-order valence-electron chi connectivity index (χ4n) is 2.80. The van der Waals surface area contributed by atoms with Crippen LogP contribution in [0.5, 0.6) is 0 Å². The first-order chi connectivity index (χ1) is 14.2. The van der Waals surface area contributed by atoms with Gasteiger partial charge in [-0.3, -0.25) is 9.10 Å². The highest BCUT2D eigenvalue weighted by Crippen LogP contribution is 2.28. The maximum Gasteiger partial charge on any atom is 0.264 e. The van der Waals surface area contributed by atoms with E-state index in [-0.39, 0.29) is 10.6 Å². The fraction of sp³-hybridized carbons (Fsp3) is 0.0952. The summed E-state index contributed by atoms with van der Waals surface area (Å²) in [7, 11) is -4.17. The minimum atomic E-state index is -4.17. The molecule has 0 aliphatic heterocycles. The number of benzene rings is 3. The minimum Gasteiger partial charge on any atom is -0.320 e. The molecule has 5 nitrogen and oxygen atoms in total. The van der Waals surface area contributed by atoms with Gasteiger partial charge in [0.25, 0.3) is 10.0 Å². The number of carbonyl (C=O) groups excluding carboxylic acids is 1. The number of carbonyl (C=O) groups is 1. The Morgan fingerprint density at radius 1 is 0.967 bits per heavy atom. The summed E-state index contributed by atoms with van der Waals surface area (Å²) in [6.07, 6.45) is 0. The van der Waals surface area contributed by atoms with Crippen molar-refractivity contribution in [3.63, 3.8) is 0 Å². The fourth-order valence-corrected chi connectivity index (χ4v) is 4.41. The third kappa shape index (κ3) is 4.60. The molecule has 0 spiro atoms. The standard InChI is InChI=1S/C21H17ClF2N2O3S/c1-14-5-2-3-8-19(14)26(30(28,29)16-11-9-15(22)10-12-16)13-20(27)25-21-17(23)6-4-7-18(21)24/h2-12H,13H2,1H3,(H,25,27). The van der Waals surface area contributed by atoms with Gasteiger partial charge in [-0.2, -0.15) is 0 Å². The maximum atomic E-state index is 13.9. The number of aryl methyl sites for hydroxylation is 1. The van der Waals surface area contributed by atoms with E-state index in [4.69, 9.17) is 11.6 Å². The number of halogens is 3. The summed E-state index contributed by atoms with van der Waals surface area (Å²) in [5.74, 6) is -2.84. The molecular weight excluding hydrogens is 434 g/mol. The quantitative estimate of drug-likeness (QED) is 0.588. The second-order valence-corrected chi connectivity index (χ2v) is 8.70. The number of hydrogen-bond donors (Lipinski definition) is 1. The second-order valence-electron chi connectivity index (χ2n) is 6.40. The van der Waals surface area contributed by atoms with Crippen molar-refractivity contribution >= 4 is 38.9 Å². The monoisotopic (exact) mass is 450 g/mol. The molecule has 0 saturated heterocycles. The first kappa shape index (κ1) is 21.7. The topological polar surface area (TPSA) is 66.5 Å². The molecule has 0 saturated carbocycles. The maximum absolute atomic E-state index is 13.9. The predicted octanol–water partition coefficient (Wildman–Crippen LogP) is 4.76. The van der Waals surface area contributed by atoms with Crippen LogP contribution in [0.1, 0.15) is 5.56 Å². The van der Waals surface area contributed by atoms with Crippen LogP contribution in [0.25, 0.3) is 0 Å². The first-order valence-corrected chi connectivity index (χ1v) is 10.6. The van der Waals surface area contributed by atoms with Crippen LogP contribution >= 0.6 is 11.6 Å². The molecule has 1 amide bonds. The summed E-state index contributed by atoms with van der Waals surface area (Å²) in [5.41, 5.74) is 0.215. The molecule has 9 heteroatoms. The Labute approximate surface area is 178 Å². The molecule has 1 N–H and O–H groups in total. The Morgan fingerprint density at radius 3 is 2.17 bits per heavy atom. The average Bonchev–Trinajstić information content (AvgIpc) is 2.70. The highest BCUT2D eigenvalue weighted by atomic mass is 35.5. The van der Waals surface area contributed by atoms with Gasteiger partial charge >= 0.3 is 0 Å². The molecular formula is C21H17ClF2N2O3S. The number of sulfonamides is 1. The molecule has 0 fully saturated rings. The Hall–Kier alpha value is -2.97. The number of anilines is 2. The molecule has 0 aliphatic rings. The number of hydrogen-bond acceptors (Lipinski definition) is 3. The third-order valence-corrected chi connectivity index (χ3v) is 6.33. The van der Waals surface area contributed by atoms with Gasteiger partial charge in [0.15, 0.2) is 0 Å². The van der Waals surface area contributed by atoms with Gasteiger partial charge in [-0.15, -0.1) is 0 Å². The van der Waals surface area contributed by atoms with Gasteiger partial charge in [0.2, 0.25) is 5.91 Å². The van der Waals surface area contributed by atoms with Crippen molar-refractivity contribution in [2.24, 2.45) is 0 Å². The lowest BCUT2D eigenvalue weighted by Gasteiger charge is -2.25. The Balaban J connectivity index is 1.99. The Kier molecular flexibility index (Phi) is 6.38. The van der Waals surface area contributed by atoms with Crippen molar-refractivity contribution in [3.05, 3.63) is 89.0 Å². The summed E-state index contributed by atoms with van der Waals surface area (Å²) < 4.78 is 55.2. The van der Waals surface area contributed by atoms with Gasteiger partial charge in [-0.25, -0.2) is 17.2 Å². The molecule has 156 valence electrons. The number of para-hydroxylation sites is 2. The Morgan fingerprint density at radius 2 is 1.57 bits per heavy atom. The van der Waals surface area contributed by atoms with Crippen molar-refractivity contribution in [3.8, 4) is 0 Å². The molecule has 0 atom stereocenters. The van der Waals surface area contributed by atoms with E-state index in [0.717, 1.165) is 22.5 Å². The average molecular weight is 451 g/mol. The van der Waals surface area contributed by atoms with Crippen molar-refractivity contribution in [1.29, 1.82) is 0 Å². The smallest absolute Gasteiger partial charge is 0.264 e. The van der Waals surface area contributed by atoms with Gasteiger partial charge in [0.05, 0.1) is 10.6 Å². The molecule has 0 aliphatic carbocycles. The van der Waals surface area contributed by atoms with E-state index in [1.54, 1.807) is 31.2 Å². The van der Waals surface area contributed by atoms with Gasteiger partial charge in [-0.1, -0.05) is 35.9 Å².